The fourth-order valence-electron chi connectivity index (χ4n) is 3.69. The number of fused-ring (bicyclic) bond motifs is 1. The van der Waals surface area contributed by atoms with E-state index in [1.54, 1.807) is 11.1 Å². The molecule has 0 spiro atoms. The Morgan fingerprint density at radius 2 is 1.78 bits per heavy atom. The first-order valence-corrected chi connectivity index (χ1v) is 9.10. The third kappa shape index (κ3) is 3.93. The van der Waals surface area contributed by atoms with Crippen molar-refractivity contribution in [1.29, 1.82) is 0 Å². The number of rotatable bonds is 5. The maximum Gasteiger partial charge on any atom is -0.0118 e. The minimum absolute atomic E-state index is 0.697. The van der Waals surface area contributed by atoms with Gasteiger partial charge in [0.15, 0.2) is 0 Å². The molecular formula is C23H28. The van der Waals surface area contributed by atoms with Gasteiger partial charge in [0.1, 0.15) is 0 Å². The zero-order valence-electron chi connectivity index (χ0n) is 14.5. The molecule has 1 aliphatic rings. The second-order valence-corrected chi connectivity index (χ2v) is 6.75. The van der Waals surface area contributed by atoms with Crippen LogP contribution in [0.1, 0.15) is 60.4 Å². The van der Waals surface area contributed by atoms with Crippen LogP contribution < -0.4 is 0 Å². The van der Waals surface area contributed by atoms with Crippen LogP contribution in [0.2, 0.25) is 0 Å². The Bertz CT molecular complexity index is 661. The van der Waals surface area contributed by atoms with E-state index in [9.17, 15) is 0 Å². The van der Waals surface area contributed by atoms with Crippen molar-refractivity contribution in [2.75, 3.05) is 0 Å². The average molecular weight is 304 g/mol. The summed E-state index contributed by atoms with van der Waals surface area (Å²) in [5, 5.41) is 0. The van der Waals surface area contributed by atoms with Crippen molar-refractivity contribution >= 4 is 0 Å². The topological polar surface area (TPSA) is 0 Å². The first kappa shape index (κ1) is 16.1. The number of aryl methyl sites for hydroxylation is 3. The SMILES string of the molecule is C/C=C/CCc1ccc2c(c1)CCC(c1ccc(CC)cc1)C2. The normalized spacial score (nSPS) is 17.4. The van der Waals surface area contributed by atoms with Gasteiger partial charge in [0.05, 0.1) is 0 Å². The monoisotopic (exact) mass is 304 g/mol. The van der Waals surface area contributed by atoms with Crippen molar-refractivity contribution < 1.29 is 0 Å². The highest BCUT2D eigenvalue weighted by atomic mass is 14.2. The van der Waals surface area contributed by atoms with Crippen LogP contribution in [0.15, 0.2) is 54.6 Å². The van der Waals surface area contributed by atoms with E-state index < -0.39 is 0 Å². The molecule has 0 nitrogen and oxygen atoms in total. The molecule has 2 aromatic rings. The molecule has 0 saturated heterocycles. The van der Waals surface area contributed by atoms with E-state index in [0.29, 0.717) is 5.92 Å². The lowest BCUT2D eigenvalue weighted by Gasteiger charge is -2.25. The van der Waals surface area contributed by atoms with Crippen LogP contribution in [-0.4, -0.2) is 0 Å². The van der Waals surface area contributed by atoms with Crippen molar-refractivity contribution in [3.8, 4) is 0 Å². The Kier molecular flexibility index (Phi) is 5.33. The summed E-state index contributed by atoms with van der Waals surface area (Å²) in [4.78, 5) is 0. The molecule has 0 amide bonds. The second-order valence-electron chi connectivity index (χ2n) is 6.75. The molecule has 1 unspecified atom stereocenters. The predicted octanol–water partition coefficient (Wildman–Crippen LogP) is 6.03. The third-order valence-corrected chi connectivity index (χ3v) is 5.19. The van der Waals surface area contributed by atoms with E-state index in [0.717, 1.165) is 12.8 Å². The molecule has 2 aromatic carbocycles. The molecule has 3 rings (SSSR count). The van der Waals surface area contributed by atoms with Gasteiger partial charge in [-0.3, -0.25) is 0 Å². The van der Waals surface area contributed by atoms with Crippen LogP contribution in [-0.2, 0) is 25.7 Å². The number of hydrogen-bond donors (Lipinski definition) is 0. The first-order valence-electron chi connectivity index (χ1n) is 9.10. The van der Waals surface area contributed by atoms with Crippen molar-refractivity contribution in [3.05, 3.63) is 82.4 Å². The standard InChI is InChI=1S/C23H28/c1-3-5-6-7-19-10-13-23-17-22(15-14-21(23)16-19)20-11-8-18(4-2)9-12-20/h3,5,8-13,16,22H,4,6-7,14-15,17H2,1-2H3/b5-3+. The second kappa shape index (κ2) is 7.64. The molecule has 120 valence electrons. The van der Waals surface area contributed by atoms with E-state index in [1.807, 2.05) is 0 Å². The maximum absolute atomic E-state index is 2.45. The Morgan fingerprint density at radius 1 is 1.00 bits per heavy atom. The zero-order valence-corrected chi connectivity index (χ0v) is 14.5. The lowest BCUT2D eigenvalue weighted by molar-refractivity contribution is 0.584. The molecule has 0 radical (unpaired) electrons. The molecule has 1 aliphatic carbocycles. The first-order chi connectivity index (χ1) is 11.3. The van der Waals surface area contributed by atoms with Crippen LogP contribution in [0.3, 0.4) is 0 Å². The average Bonchev–Trinajstić information content (AvgIpc) is 2.61. The highest BCUT2D eigenvalue weighted by Gasteiger charge is 2.20. The molecule has 0 fully saturated rings. The summed E-state index contributed by atoms with van der Waals surface area (Å²) >= 11 is 0. The van der Waals surface area contributed by atoms with Crippen LogP contribution in [0.5, 0.6) is 0 Å². The molecule has 0 saturated carbocycles. The van der Waals surface area contributed by atoms with E-state index in [1.165, 1.54) is 42.4 Å². The van der Waals surface area contributed by atoms with E-state index >= 15 is 0 Å². The fraction of sp³-hybridized carbons (Fsp3) is 0.391. The Labute approximate surface area is 141 Å². The predicted molar refractivity (Wildman–Crippen MR) is 100 cm³/mol. The molecule has 0 bridgehead atoms. The van der Waals surface area contributed by atoms with Crippen molar-refractivity contribution in [2.24, 2.45) is 0 Å². The zero-order chi connectivity index (χ0) is 16.1. The number of benzene rings is 2. The van der Waals surface area contributed by atoms with Gasteiger partial charge >= 0.3 is 0 Å². The van der Waals surface area contributed by atoms with E-state index in [2.05, 4.69) is 68.5 Å². The summed E-state index contributed by atoms with van der Waals surface area (Å²) in [7, 11) is 0. The van der Waals surface area contributed by atoms with Gasteiger partial charge in [-0.05, 0) is 79.2 Å². The Hall–Kier alpha value is -1.82. The van der Waals surface area contributed by atoms with Gasteiger partial charge in [0.25, 0.3) is 0 Å². The summed E-state index contributed by atoms with van der Waals surface area (Å²) in [5.74, 6) is 0.697. The largest absolute Gasteiger partial charge is 0.0917 e. The molecule has 0 heterocycles. The van der Waals surface area contributed by atoms with Crippen molar-refractivity contribution in [3.63, 3.8) is 0 Å². The fourth-order valence-corrected chi connectivity index (χ4v) is 3.69. The maximum atomic E-state index is 2.45. The molecule has 0 aromatic heterocycles. The minimum Gasteiger partial charge on any atom is -0.0917 e. The highest BCUT2D eigenvalue weighted by molar-refractivity contribution is 5.37. The molecule has 1 atom stereocenters. The van der Waals surface area contributed by atoms with Gasteiger partial charge in [-0.2, -0.15) is 0 Å². The molecule has 0 aliphatic heterocycles. The van der Waals surface area contributed by atoms with E-state index in [4.69, 9.17) is 0 Å². The van der Waals surface area contributed by atoms with Crippen molar-refractivity contribution in [2.45, 2.75) is 58.3 Å². The van der Waals surface area contributed by atoms with Crippen LogP contribution >= 0.6 is 0 Å². The number of hydrogen-bond acceptors (Lipinski definition) is 0. The third-order valence-electron chi connectivity index (χ3n) is 5.19. The summed E-state index contributed by atoms with van der Waals surface area (Å²) in [6.07, 6.45) is 11.6. The quantitative estimate of drug-likeness (QED) is 0.592. The van der Waals surface area contributed by atoms with Crippen LogP contribution in [0, 0.1) is 0 Å². The Balaban J connectivity index is 1.70. The minimum atomic E-state index is 0.697. The van der Waals surface area contributed by atoms with Gasteiger partial charge in [0, 0.05) is 0 Å². The summed E-state index contributed by atoms with van der Waals surface area (Å²) in [5.41, 5.74) is 7.60. The molecule has 0 N–H and O–H groups in total. The van der Waals surface area contributed by atoms with Gasteiger partial charge in [-0.25, -0.2) is 0 Å². The highest BCUT2D eigenvalue weighted by Crippen LogP contribution is 2.33. The van der Waals surface area contributed by atoms with Gasteiger partial charge in [-0.1, -0.05) is 61.5 Å². The molecular weight excluding hydrogens is 276 g/mol. The smallest absolute Gasteiger partial charge is 0.0118 e. The van der Waals surface area contributed by atoms with Gasteiger partial charge in [0.2, 0.25) is 0 Å². The molecule has 23 heavy (non-hydrogen) atoms. The molecule has 0 heteroatoms. The lowest BCUT2D eigenvalue weighted by atomic mass is 9.79. The summed E-state index contributed by atoms with van der Waals surface area (Å²) < 4.78 is 0. The summed E-state index contributed by atoms with van der Waals surface area (Å²) in [6.45, 7) is 4.32. The van der Waals surface area contributed by atoms with Crippen LogP contribution in [0.25, 0.3) is 0 Å². The lowest BCUT2D eigenvalue weighted by Crippen LogP contribution is -2.13. The van der Waals surface area contributed by atoms with Gasteiger partial charge < -0.3 is 0 Å². The van der Waals surface area contributed by atoms with Crippen LogP contribution in [0.4, 0.5) is 0 Å². The van der Waals surface area contributed by atoms with Crippen molar-refractivity contribution in [1.82, 2.24) is 0 Å². The number of allylic oxidation sites excluding steroid dienone is 2. The Morgan fingerprint density at radius 3 is 2.52 bits per heavy atom. The van der Waals surface area contributed by atoms with E-state index in [-0.39, 0.29) is 0 Å². The van der Waals surface area contributed by atoms with Gasteiger partial charge in [-0.15, -0.1) is 0 Å². The summed E-state index contributed by atoms with van der Waals surface area (Å²) in [6, 6.07) is 16.5.